The second-order valence-electron chi connectivity index (χ2n) is 6.29. The molecule has 1 rings (SSSR count). The predicted molar refractivity (Wildman–Crippen MR) is 73.1 cm³/mol. The maximum absolute atomic E-state index is 5.63. The largest absolute Gasteiger partial charge is 0.376 e. The van der Waals surface area contributed by atoms with Gasteiger partial charge in [-0.05, 0) is 45.1 Å². The van der Waals surface area contributed by atoms with Gasteiger partial charge in [0.15, 0.2) is 0 Å². The van der Waals surface area contributed by atoms with Gasteiger partial charge in [0.1, 0.15) is 0 Å². The molecule has 1 saturated carbocycles. The molecular weight excluding hydrogens is 212 g/mol. The van der Waals surface area contributed by atoms with E-state index in [2.05, 4.69) is 25.8 Å². The third kappa shape index (κ3) is 5.36. The van der Waals surface area contributed by atoms with Gasteiger partial charge in [0.05, 0.1) is 12.7 Å². The summed E-state index contributed by atoms with van der Waals surface area (Å²) >= 11 is 0. The van der Waals surface area contributed by atoms with E-state index >= 15 is 0 Å². The van der Waals surface area contributed by atoms with E-state index in [1.807, 2.05) is 6.92 Å². The number of rotatable bonds is 6. The minimum Gasteiger partial charge on any atom is -0.376 e. The topological polar surface area (TPSA) is 38.5 Å². The molecule has 1 aliphatic carbocycles. The van der Waals surface area contributed by atoms with E-state index in [-0.39, 0.29) is 6.10 Å². The third-order valence-electron chi connectivity index (χ3n) is 4.11. The first-order chi connectivity index (χ1) is 7.94. The molecule has 0 aliphatic heterocycles. The summed E-state index contributed by atoms with van der Waals surface area (Å²) in [5.74, 6) is 0. The fourth-order valence-electron chi connectivity index (χ4n) is 2.47. The summed E-state index contributed by atoms with van der Waals surface area (Å²) in [6, 6.07) is 0.750. The highest BCUT2D eigenvalue weighted by atomic mass is 16.5. The lowest BCUT2D eigenvalue weighted by molar-refractivity contribution is 0.0405. The highest BCUT2D eigenvalue weighted by Crippen LogP contribution is 2.36. The lowest BCUT2D eigenvalue weighted by Gasteiger charge is -2.38. The molecule has 3 nitrogen and oxygen atoms in total. The van der Waals surface area contributed by atoms with Crippen molar-refractivity contribution in [2.45, 2.75) is 58.6 Å². The third-order valence-corrected chi connectivity index (χ3v) is 4.11. The highest BCUT2D eigenvalue weighted by Gasteiger charge is 2.28. The Bertz CT molecular complexity index is 208. The fraction of sp³-hybridized carbons (Fsp3) is 1.00. The Morgan fingerprint density at radius 1 is 1.35 bits per heavy atom. The van der Waals surface area contributed by atoms with Gasteiger partial charge in [-0.25, -0.2) is 0 Å². The Morgan fingerprint density at radius 3 is 2.47 bits per heavy atom. The van der Waals surface area contributed by atoms with E-state index in [1.54, 1.807) is 0 Å². The molecule has 0 bridgehead atoms. The molecule has 0 spiro atoms. The van der Waals surface area contributed by atoms with Crippen LogP contribution in [0.4, 0.5) is 0 Å². The van der Waals surface area contributed by atoms with Crippen LogP contribution in [-0.4, -0.2) is 43.8 Å². The number of likely N-dealkylation sites (N-methyl/N-ethyl adjacent to an activating group) is 1. The van der Waals surface area contributed by atoms with Crippen LogP contribution < -0.4 is 5.73 Å². The van der Waals surface area contributed by atoms with E-state index < -0.39 is 0 Å². The van der Waals surface area contributed by atoms with Crippen LogP contribution >= 0.6 is 0 Å². The monoisotopic (exact) mass is 242 g/mol. The van der Waals surface area contributed by atoms with Gasteiger partial charge in [-0.3, -0.25) is 0 Å². The van der Waals surface area contributed by atoms with Crippen LogP contribution in [0.25, 0.3) is 0 Å². The molecule has 0 heterocycles. The number of hydrogen-bond donors (Lipinski definition) is 1. The summed E-state index contributed by atoms with van der Waals surface area (Å²) in [6.45, 7) is 9.24. The molecule has 0 amide bonds. The van der Waals surface area contributed by atoms with Crippen LogP contribution in [0.5, 0.6) is 0 Å². The van der Waals surface area contributed by atoms with Crippen molar-refractivity contribution in [3.63, 3.8) is 0 Å². The van der Waals surface area contributed by atoms with Crippen LogP contribution in [0.1, 0.15) is 46.5 Å². The van der Waals surface area contributed by atoms with Crippen LogP contribution in [0.2, 0.25) is 0 Å². The summed E-state index contributed by atoms with van der Waals surface area (Å²) in [5, 5.41) is 0. The van der Waals surface area contributed by atoms with Crippen LogP contribution in [-0.2, 0) is 4.74 Å². The lowest BCUT2D eigenvalue weighted by Crippen LogP contribution is -2.39. The molecule has 3 heteroatoms. The molecule has 1 atom stereocenters. The van der Waals surface area contributed by atoms with Gasteiger partial charge < -0.3 is 15.4 Å². The van der Waals surface area contributed by atoms with Crippen molar-refractivity contribution in [1.82, 2.24) is 4.90 Å². The molecule has 1 unspecified atom stereocenters. The summed E-state index contributed by atoms with van der Waals surface area (Å²) < 4.78 is 5.63. The molecule has 0 aromatic carbocycles. The van der Waals surface area contributed by atoms with Crippen LogP contribution in [0, 0.1) is 5.41 Å². The molecule has 0 aromatic rings. The van der Waals surface area contributed by atoms with Gasteiger partial charge in [0.2, 0.25) is 0 Å². The molecule has 0 aromatic heterocycles. The van der Waals surface area contributed by atoms with Gasteiger partial charge >= 0.3 is 0 Å². The summed E-state index contributed by atoms with van der Waals surface area (Å²) in [7, 11) is 2.22. The van der Waals surface area contributed by atoms with Crippen molar-refractivity contribution in [2.75, 3.05) is 26.7 Å². The maximum atomic E-state index is 5.63. The minimum absolute atomic E-state index is 0.189. The number of ether oxygens (including phenoxy) is 1. The molecule has 2 N–H and O–H groups in total. The van der Waals surface area contributed by atoms with Gasteiger partial charge in [0.25, 0.3) is 0 Å². The van der Waals surface area contributed by atoms with Crippen molar-refractivity contribution in [3.05, 3.63) is 0 Å². The lowest BCUT2D eigenvalue weighted by atomic mass is 9.75. The second-order valence-corrected chi connectivity index (χ2v) is 6.29. The maximum Gasteiger partial charge on any atom is 0.0669 e. The SMILES string of the molecule is CC(CN)OCCN(C)C1CCC(C)(C)CC1. The Balaban J connectivity index is 2.18. The van der Waals surface area contributed by atoms with Crippen molar-refractivity contribution < 1.29 is 4.74 Å². The summed E-state index contributed by atoms with van der Waals surface area (Å²) in [6.07, 6.45) is 5.55. The summed E-state index contributed by atoms with van der Waals surface area (Å²) in [4.78, 5) is 2.46. The average Bonchev–Trinajstić information content (AvgIpc) is 2.28. The fourth-order valence-corrected chi connectivity index (χ4v) is 2.47. The molecule has 0 radical (unpaired) electrons. The van der Waals surface area contributed by atoms with E-state index in [4.69, 9.17) is 10.5 Å². The molecule has 102 valence electrons. The average molecular weight is 242 g/mol. The Morgan fingerprint density at radius 2 is 1.94 bits per heavy atom. The van der Waals surface area contributed by atoms with Gasteiger partial charge in [0, 0.05) is 19.1 Å². The first kappa shape index (κ1) is 14.9. The second kappa shape index (κ2) is 6.72. The zero-order chi connectivity index (χ0) is 12.9. The van der Waals surface area contributed by atoms with Crippen LogP contribution in [0.15, 0.2) is 0 Å². The van der Waals surface area contributed by atoms with Crippen molar-refractivity contribution in [1.29, 1.82) is 0 Å². The van der Waals surface area contributed by atoms with E-state index in [0.29, 0.717) is 12.0 Å². The zero-order valence-corrected chi connectivity index (χ0v) is 12.0. The summed E-state index contributed by atoms with van der Waals surface area (Å²) in [5.41, 5.74) is 6.08. The first-order valence-electron chi connectivity index (χ1n) is 6.96. The van der Waals surface area contributed by atoms with E-state index in [0.717, 1.165) is 19.2 Å². The number of nitrogens with zero attached hydrogens (tertiary/aromatic N) is 1. The molecule has 1 fully saturated rings. The van der Waals surface area contributed by atoms with Crippen molar-refractivity contribution in [2.24, 2.45) is 11.1 Å². The van der Waals surface area contributed by atoms with E-state index in [9.17, 15) is 0 Å². The van der Waals surface area contributed by atoms with Gasteiger partial charge in [-0.15, -0.1) is 0 Å². The number of nitrogens with two attached hydrogens (primary N) is 1. The quantitative estimate of drug-likeness (QED) is 0.776. The molecule has 17 heavy (non-hydrogen) atoms. The predicted octanol–water partition coefficient (Wildman–Crippen LogP) is 2.25. The molecular formula is C14H30N2O. The van der Waals surface area contributed by atoms with Crippen LogP contribution in [0.3, 0.4) is 0 Å². The minimum atomic E-state index is 0.189. The van der Waals surface area contributed by atoms with Gasteiger partial charge in [-0.2, -0.15) is 0 Å². The molecule has 1 aliphatic rings. The standard InChI is InChI=1S/C14H30N2O/c1-12(11-15)17-10-9-16(4)13-5-7-14(2,3)8-6-13/h12-13H,5-11,15H2,1-4H3. The van der Waals surface area contributed by atoms with Gasteiger partial charge in [-0.1, -0.05) is 13.8 Å². The Kier molecular flexibility index (Phi) is 5.90. The van der Waals surface area contributed by atoms with E-state index in [1.165, 1.54) is 25.7 Å². The highest BCUT2D eigenvalue weighted by molar-refractivity contribution is 4.82. The van der Waals surface area contributed by atoms with Crippen molar-refractivity contribution >= 4 is 0 Å². The molecule has 0 saturated heterocycles. The first-order valence-corrected chi connectivity index (χ1v) is 6.96. The Hall–Kier alpha value is -0.120. The normalized spacial score (nSPS) is 22.9. The number of hydrogen-bond acceptors (Lipinski definition) is 3. The Labute approximate surface area is 107 Å². The zero-order valence-electron chi connectivity index (χ0n) is 12.0. The smallest absolute Gasteiger partial charge is 0.0669 e. The van der Waals surface area contributed by atoms with Crippen molar-refractivity contribution in [3.8, 4) is 0 Å².